The zero-order valence-corrected chi connectivity index (χ0v) is 51.4. The highest BCUT2D eigenvalue weighted by molar-refractivity contribution is 6.16. The lowest BCUT2D eigenvalue weighted by Gasteiger charge is -2.25. The summed E-state index contributed by atoms with van der Waals surface area (Å²) in [7, 11) is 0. The number of aliphatic imine (C=N–C) groups is 2. The summed E-state index contributed by atoms with van der Waals surface area (Å²) in [6.45, 7) is 26.8. The van der Waals surface area contributed by atoms with E-state index in [1.54, 1.807) is 0 Å². The quantitative estimate of drug-likeness (QED) is 0.154. The van der Waals surface area contributed by atoms with E-state index in [0.29, 0.717) is 5.84 Å². The fraction of sp³-hybridized carbons (Fsp3) is 0.160. The molecule has 0 radical (unpaired) electrons. The van der Waals surface area contributed by atoms with Crippen LogP contribution in [0, 0.1) is 83.1 Å². The Balaban J connectivity index is 1.10. The third-order valence-electron chi connectivity index (χ3n) is 18.0. The van der Waals surface area contributed by atoms with E-state index in [4.69, 9.17) is 9.98 Å². The molecule has 3 heterocycles. The van der Waals surface area contributed by atoms with Gasteiger partial charge >= 0.3 is 0 Å². The van der Waals surface area contributed by atoms with Gasteiger partial charge < -0.3 is 14.5 Å². The van der Waals surface area contributed by atoms with Crippen LogP contribution in [-0.4, -0.2) is 20.8 Å². The highest BCUT2D eigenvalue weighted by Crippen LogP contribution is 2.44. The summed E-state index contributed by atoms with van der Waals surface area (Å²) in [5.41, 5.74) is 34.7. The predicted molar refractivity (Wildman–Crippen MR) is 366 cm³/mol. The van der Waals surface area contributed by atoms with Crippen molar-refractivity contribution in [2.24, 2.45) is 9.98 Å². The average Bonchev–Trinajstić information content (AvgIpc) is 1.60. The van der Waals surface area contributed by atoms with Gasteiger partial charge in [-0.05, 0) is 232 Å². The molecule has 1 N–H and O–H groups in total. The molecule has 0 bridgehead atoms. The molecule has 1 unspecified atom stereocenters. The molecular formula is C81H71N5. The van der Waals surface area contributed by atoms with Crippen LogP contribution in [0.15, 0.2) is 210 Å². The van der Waals surface area contributed by atoms with Crippen LogP contribution in [-0.2, 0) is 0 Å². The Bertz CT molecular complexity index is 4680. The lowest BCUT2D eigenvalue weighted by Crippen LogP contribution is -2.33. The molecule has 0 aliphatic carbocycles. The number of hydrogen-bond acceptors (Lipinski definition) is 3. The van der Waals surface area contributed by atoms with Gasteiger partial charge in [0.15, 0.2) is 5.84 Å². The number of aryl methyl sites for hydroxylation is 12. The topological polar surface area (TPSA) is 46.6 Å². The van der Waals surface area contributed by atoms with Crippen LogP contribution in [0.2, 0.25) is 0 Å². The van der Waals surface area contributed by atoms with E-state index in [1.807, 2.05) is 0 Å². The molecule has 0 amide bonds. The van der Waals surface area contributed by atoms with E-state index in [2.05, 4.69) is 298 Å². The Morgan fingerprint density at radius 1 is 0.302 bits per heavy atom. The van der Waals surface area contributed by atoms with Crippen LogP contribution in [0.3, 0.4) is 0 Å². The summed E-state index contributed by atoms with van der Waals surface area (Å²) in [6.07, 6.45) is -0.390. The zero-order valence-electron chi connectivity index (χ0n) is 51.4. The number of amidine groups is 2. The fourth-order valence-corrected chi connectivity index (χ4v) is 14.9. The van der Waals surface area contributed by atoms with E-state index in [1.165, 1.54) is 133 Å². The highest BCUT2D eigenvalue weighted by Gasteiger charge is 2.26. The van der Waals surface area contributed by atoms with Gasteiger partial charge in [0.1, 0.15) is 12.0 Å². The maximum absolute atomic E-state index is 5.53. The first kappa shape index (κ1) is 54.1. The van der Waals surface area contributed by atoms with Gasteiger partial charge in [-0.1, -0.05) is 168 Å². The Hall–Kier alpha value is -9.84. The Morgan fingerprint density at radius 3 is 1.06 bits per heavy atom. The number of hydrogen-bond donors (Lipinski definition) is 1. The number of rotatable bonds is 9. The molecule has 13 aromatic rings. The molecule has 11 aromatic carbocycles. The summed E-state index contributed by atoms with van der Waals surface area (Å²) in [4.78, 5) is 10.9. The SMILES string of the molecule is Cc1cc(C)c(-c2ccc3c(c2)c2ccc(-c4c(C)cc(C)cc4C)cc2n3-c2cc(C3=NC(c4ccccc4)=NC(c4ccccc4)N3)cc(-n3c4ccc(-c5c(C)cc(C)cc5C)cc4c4ccc(-c5c(C)cc(C)cc5C)cc43)c2)c(C)c1. The minimum absolute atomic E-state index is 0.390. The zero-order chi connectivity index (χ0) is 59.4. The molecule has 14 rings (SSSR count). The van der Waals surface area contributed by atoms with Crippen molar-refractivity contribution in [3.63, 3.8) is 0 Å². The smallest absolute Gasteiger partial charge is 0.159 e. The van der Waals surface area contributed by atoms with Crippen LogP contribution < -0.4 is 5.32 Å². The molecule has 1 atom stereocenters. The van der Waals surface area contributed by atoms with Crippen molar-refractivity contribution in [3.05, 3.63) is 284 Å². The van der Waals surface area contributed by atoms with Crippen molar-refractivity contribution in [1.29, 1.82) is 0 Å². The molecule has 0 saturated carbocycles. The van der Waals surface area contributed by atoms with E-state index >= 15 is 0 Å². The Morgan fingerprint density at radius 2 is 0.663 bits per heavy atom. The second-order valence-electron chi connectivity index (χ2n) is 24.7. The van der Waals surface area contributed by atoms with Crippen molar-refractivity contribution in [2.75, 3.05) is 0 Å². The van der Waals surface area contributed by atoms with Gasteiger partial charge in [0.25, 0.3) is 0 Å². The monoisotopic (exact) mass is 1110 g/mol. The van der Waals surface area contributed by atoms with Crippen LogP contribution in [0.25, 0.3) is 99.5 Å². The molecular weight excluding hydrogens is 1040 g/mol. The third kappa shape index (κ3) is 9.34. The fourth-order valence-electron chi connectivity index (χ4n) is 14.9. The van der Waals surface area contributed by atoms with Gasteiger partial charge in [-0.25, -0.2) is 9.98 Å². The minimum Gasteiger partial charge on any atom is -0.344 e. The predicted octanol–water partition coefficient (Wildman–Crippen LogP) is 20.7. The number of fused-ring (bicyclic) bond motifs is 6. The van der Waals surface area contributed by atoms with Crippen molar-refractivity contribution in [3.8, 4) is 55.9 Å². The van der Waals surface area contributed by atoms with Crippen LogP contribution in [0.5, 0.6) is 0 Å². The lowest BCUT2D eigenvalue weighted by molar-refractivity contribution is 0.674. The Kier molecular flexibility index (Phi) is 13.2. The molecule has 1 aliphatic rings. The Labute approximate surface area is 505 Å². The van der Waals surface area contributed by atoms with Crippen molar-refractivity contribution >= 4 is 55.3 Å². The average molecular weight is 1110 g/mol. The molecule has 0 saturated heterocycles. The molecule has 420 valence electrons. The molecule has 2 aromatic heterocycles. The van der Waals surface area contributed by atoms with Gasteiger partial charge in [-0.2, -0.15) is 0 Å². The number of nitrogens with zero attached hydrogens (tertiary/aromatic N) is 4. The van der Waals surface area contributed by atoms with Crippen LogP contribution in [0.4, 0.5) is 0 Å². The molecule has 86 heavy (non-hydrogen) atoms. The summed E-state index contributed by atoms with van der Waals surface area (Å²) < 4.78 is 5.03. The summed E-state index contributed by atoms with van der Waals surface area (Å²) in [5.74, 6) is 1.43. The maximum atomic E-state index is 5.53. The first-order valence-corrected chi connectivity index (χ1v) is 30.2. The van der Waals surface area contributed by atoms with Crippen molar-refractivity contribution in [2.45, 2.75) is 89.3 Å². The lowest BCUT2D eigenvalue weighted by atomic mass is 9.92. The van der Waals surface area contributed by atoms with E-state index < -0.39 is 6.17 Å². The normalized spacial score (nSPS) is 13.5. The second-order valence-corrected chi connectivity index (χ2v) is 24.7. The molecule has 0 fully saturated rings. The maximum Gasteiger partial charge on any atom is 0.159 e. The second kappa shape index (κ2) is 21.0. The molecule has 5 nitrogen and oxygen atoms in total. The van der Waals surface area contributed by atoms with E-state index in [9.17, 15) is 0 Å². The van der Waals surface area contributed by atoms with Crippen molar-refractivity contribution < 1.29 is 0 Å². The number of aromatic nitrogens is 2. The van der Waals surface area contributed by atoms with Crippen molar-refractivity contribution in [1.82, 2.24) is 14.5 Å². The standard InChI is InChI=1S/C81H71N5/c1-46-31-50(5)75(51(6)32-46)60-25-29-71-69(41-60)67-27-23-62(77-54(9)35-48(3)36-55(77)10)43-73(67)85(71)65-39-64(81-83-79(58-19-15-13-16-20-58)82-80(84-81)59-21-17-14-18-22-59)40-66(45-65)86-72-30-26-61(76-52(7)33-47(2)34-53(76)8)42-70(72)68-28-24-63(44-74(68)86)78-56(11)37-49(4)38-57(78)12/h13-45,79H,1-12H3,(H,82,83,84). The van der Waals surface area contributed by atoms with Gasteiger partial charge in [0, 0.05) is 44.0 Å². The first-order chi connectivity index (χ1) is 41.5. The van der Waals surface area contributed by atoms with E-state index in [-0.39, 0.29) is 0 Å². The summed E-state index contributed by atoms with van der Waals surface area (Å²) >= 11 is 0. The third-order valence-corrected chi connectivity index (χ3v) is 18.0. The molecule has 5 heteroatoms. The highest BCUT2D eigenvalue weighted by atomic mass is 15.2. The van der Waals surface area contributed by atoms with Gasteiger partial charge in [0.2, 0.25) is 0 Å². The number of nitrogens with one attached hydrogen (secondary N) is 1. The summed E-state index contributed by atoms with van der Waals surface area (Å²) in [5, 5.41) is 8.68. The van der Waals surface area contributed by atoms with E-state index in [0.717, 1.165) is 56.0 Å². The molecule has 0 spiro atoms. The van der Waals surface area contributed by atoms with Crippen LogP contribution in [0.1, 0.15) is 89.6 Å². The van der Waals surface area contributed by atoms with Gasteiger partial charge in [-0.15, -0.1) is 0 Å². The summed E-state index contributed by atoms with van der Waals surface area (Å²) in [6, 6.07) is 75.1. The van der Waals surface area contributed by atoms with Gasteiger partial charge in [0.05, 0.1) is 22.1 Å². The largest absolute Gasteiger partial charge is 0.344 e. The molecule has 1 aliphatic heterocycles. The minimum atomic E-state index is -0.390. The number of benzene rings is 11. The van der Waals surface area contributed by atoms with Crippen LogP contribution >= 0.6 is 0 Å². The first-order valence-electron chi connectivity index (χ1n) is 30.2. The van der Waals surface area contributed by atoms with Gasteiger partial charge in [-0.3, -0.25) is 0 Å².